The van der Waals surface area contributed by atoms with Gasteiger partial charge in [-0.25, -0.2) is 4.79 Å². The molecule has 4 heteroatoms. The van der Waals surface area contributed by atoms with Crippen molar-refractivity contribution in [1.29, 1.82) is 0 Å². The summed E-state index contributed by atoms with van der Waals surface area (Å²) in [7, 11) is 0. The van der Waals surface area contributed by atoms with E-state index in [2.05, 4.69) is 0 Å². The Morgan fingerprint density at radius 3 is 2.00 bits per heavy atom. The van der Waals surface area contributed by atoms with Crippen molar-refractivity contribution in [3.05, 3.63) is 42.0 Å². The Bertz CT molecular complexity index is 337. The molecule has 4 nitrogen and oxygen atoms in total. The largest absolute Gasteiger partial charge is 0.481 e. The summed E-state index contributed by atoms with van der Waals surface area (Å²) in [6, 6.07) is 9.31. The van der Waals surface area contributed by atoms with E-state index in [0.29, 0.717) is 0 Å². The molecular formula is C11H12O4. The predicted molar refractivity (Wildman–Crippen MR) is 56.4 cm³/mol. The van der Waals surface area contributed by atoms with Gasteiger partial charge in [-0.05, 0) is 11.6 Å². The number of hydrogen-bond donors (Lipinski definition) is 2. The monoisotopic (exact) mass is 208 g/mol. The van der Waals surface area contributed by atoms with E-state index in [1.807, 2.05) is 30.3 Å². The Balaban J connectivity index is 0.000000423. The van der Waals surface area contributed by atoms with Gasteiger partial charge in [0.15, 0.2) is 0 Å². The van der Waals surface area contributed by atoms with Crippen LogP contribution in [0.25, 0.3) is 6.08 Å². The number of carbonyl (C=O) groups is 2. The van der Waals surface area contributed by atoms with Gasteiger partial charge in [0.2, 0.25) is 0 Å². The molecule has 0 aromatic heterocycles. The van der Waals surface area contributed by atoms with Gasteiger partial charge in [0.05, 0.1) is 0 Å². The molecule has 80 valence electrons. The molecule has 1 rings (SSSR count). The molecule has 0 radical (unpaired) electrons. The average Bonchev–Trinajstić information content (AvgIpc) is 2.15. The van der Waals surface area contributed by atoms with Gasteiger partial charge in [-0.3, -0.25) is 4.79 Å². The van der Waals surface area contributed by atoms with Crippen molar-refractivity contribution in [2.75, 3.05) is 0 Å². The highest BCUT2D eigenvalue weighted by Crippen LogP contribution is 1.99. The smallest absolute Gasteiger partial charge is 0.328 e. The lowest BCUT2D eigenvalue weighted by Crippen LogP contribution is -1.85. The fourth-order valence-corrected chi connectivity index (χ4v) is 0.732. The Hall–Kier alpha value is -2.10. The second kappa shape index (κ2) is 7.32. The van der Waals surface area contributed by atoms with Crippen LogP contribution in [0.15, 0.2) is 36.4 Å². The van der Waals surface area contributed by atoms with Crippen molar-refractivity contribution in [3.63, 3.8) is 0 Å². The maximum atomic E-state index is 10.1. The van der Waals surface area contributed by atoms with Gasteiger partial charge in [-0.2, -0.15) is 0 Å². The summed E-state index contributed by atoms with van der Waals surface area (Å²) in [5.41, 5.74) is 0.898. The third-order valence-electron chi connectivity index (χ3n) is 1.22. The maximum absolute atomic E-state index is 10.1. The molecule has 1 aromatic rings. The van der Waals surface area contributed by atoms with E-state index in [0.717, 1.165) is 18.6 Å². The van der Waals surface area contributed by atoms with Crippen molar-refractivity contribution in [2.45, 2.75) is 6.92 Å². The summed E-state index contributed by atoms with van der Waals surface area (Å²) in [5.74, 6) is -1.76. The van der Waals surface area contributed by atoms with E-state index in [-0.39, 0.29) is 0 Å². The molecule has 0 aliphatic carbocycles. The van der Waals surface area contributed by atoms with Crippen molar-refractivity contribution >= 4 is 18.0 Å². The fourth-order valence-electron chi connectivity index (χ4n) is 0.732. The molecule has 0 atom stereocenters. The van der Waals surface area contributed by atoms with Crippen molar-refractivity contribution in [3.8, 4) is 0 Å². The van der Waals surface area contributed by atoms with Gasteiger partial charge < -0.3 is 10.2 Å². The van der Waals surface area contributed by atoms with Gasteiger partial charge in [-0.15, -0.1) is 0 Å². The summed E-state index contributed by atoms with van der Waals surface area (Å²) in [6.07, 6.45) is 2.68. The van der Waals surface area contributed by atoms with Crippen LogP contribution in [0, 0.1) is 0 Å². The lowest BCUT2D eigenvalue weighted by atomic mass is 10.2. The van der Waals surface area contributed by atoms with E-state index < -0.39 is 11.9 Å². The fraction of sp³-hybridized carbons (Fsp3) is 0.0909. The number of hydrogen-bond acceptors (Lipinski definition) is 2. The molecule has 1 aromatic carbocycles. The molecule has 0 aliphatic rings. The molecular weight excluding hydrogens is 196 g/mol. The molecule has 0 spiro atoms. The minimum Gasteiger partial charge on any atom is -0.481 e. The lowest BCUT2D eigenvalue weighted by Gasteiger charge is -1.87. The minimum absolute atomic E-state index is 0.833. The van der Waals surface area contributed by atoms with Crippen LogP contribution in [0.5, 0.6) is 0 Å². The molecule has 0 bridgehead atoms. The standard InChI is InChI=1S/C9H8O2.C2H4O2/c10-9(11)7-6-8-4-2-1-3-5-8;1-2(3)4/h1-7H,(H,10,11);1H3,(H,3,4)/b7-6+;. The Morgan fingerprint density at radius 1 is 1.13 bits per heavy atom. The zero-order valence-corrected chi connectivity index (χ0v) is 8.25. The van der Waals surface area contributed by atoms with Crippen molar-refractivity contribution in [1.82, 2.24) is 0 Å². The highest BCUT2D eigenvalue weighted by Gasteiger charge is 1.85. The Morgan fingerprint density at radius 2 is 1.60 bits per heavy atom. The van der Waals surface area contributed by atoms with Crippen LogP contribution in [-0.4, -0.2) is 22.2 Å². The first-order valence-corrected chi connectivity index (χ1v) is 4.18. The van der Waals surface area contributed by atoms with Crippen LogP contribution in [0.4, 0.5) is 0 Å². The molecule has 2 N–H and O–H groups in total. The third-order valence-corrected chi connectivity index (χ3v) is 1.22. The van der Waals surface area contributed by atoms with E-state index in [4.69, 9.17) is 15.0 Å². The maximum Gasteiger partial charge on any atom is 0.328 e. The summed E-state index contributed by atoms with van der Waals surface area (Å²) < 4.78 is 0. The highest BCUT2D eigenvalue weighted by atomic mass is 16.4. The van der Waals surface area contributed by atoms with Gasteiger partial charge in [-0.1, -0.05) is 30.3 Å². The SMILES string of the molecule is CC(=O)O.O=C(O)/C=C/c1ccccc1. The molecule has 0 amide bonds. The molecule has 0 fully saturated rings. The van der Waals surface area contributed by atoms with Gasteiger partial charge in [0.25, 0.3) is 5.97 Å². The molecule has 0 heterocycles. The molecule has 0 saturated carbocycles. The minimum atomic E-state index is -0.922. The number of carboxylic acid groups (broad SMARTS) is 2. The van der Waals surface area contributed by atoms with E-state index in [9.17, 15) is 4.79 Å². The summed E-state index contributed by atoms with van der Waals surface area (Å²) >= 11 is 0. The van der Waals surface area contributed by atoms with Crippen LogP contribution in [-0.2, 0) is 9.59 Å². The zero-order valence-electron chi connectivity index (χ0n) is 8.25. The predicted octanol–water partition coefficient (Wildman–Crippen LogP) is 1.88. The Labute approximate surface area is 87.5 Å². The molecule has 0 unspecified atom stereocenters. The van der Waals surface area contributed by atoms with Gasteiger partial charge in [0.1, 0.15) is 0 Å². The van der Waals surface area contributed by atoms with Crippen LogP contribution >= 0.6 is 0 Å². The third kappa shape index (κ3) is 9.82. The first-order valence-electron chi connectivity index (χ1n) is 4.18. The van der Waals surface area contributed by atoms with Crippen LogP contribution in [0.3, 0.4) is 0 Å². The first kappa shape index (κ1) is 12.9. The van der Waals surface area contributed by atoms with Crippen molar-refractivity contribution in [2.24, 2.45) is 0 Å². The number of rotatable bonds is 2. The molecule has 0 aliphatic heterocycles. The zero-order chi connectivity index (χ0) is 11.7. The second-order valence-electron chi connectivity index (χ2n) is 2.60. The molecule has 15 heavy (non-hydrogen) atoms. The van der Waals surface area contributed by atoms with Crippen LogP contribution in [0.2, 0.25) is 0 Å². The van der Waals surface area contributed by atoms with Crippen LogP contribution < -0.4 is 0 Å². The summed E-state index contributed by atoms with van der Waals surface area (Å²) in [4.78, 5) is 19.1. The van der Waals surface area contributed by atoms with E-state index >= 15 is 0 Å². The normalized spacial score (nSPS) is 9.13. The van der Waals surface area contributed by atoms with Gasteiger partial charge in [0, 0.05) is 13.0 Å². The lowest BCUT2D eigenvalue weighted by molar-refractivity contribution is -0.134. The number of carboxylic acids is 2. The second-order valence-corrected chi connectivity index (χ2v) is 2.60. The molecule has 0 saturated heterocycles. The number of aliphatic carboxylic acids is 2. The van der Waals surface area contributed by atoms with Gasteiger partial charge >= 0.3 is 5.97 Å². The van der Waals surface area contributed by atoms with Crippen LogP contribution in [0.1, 0.15) is 12.5 Å². The quantitative estimate of drug-likeness (QED) is 0.727. The topological polar surface area (TPSA) is 74.6 Å². The Kier molecular flexibility index (Phi) is 6.29. The van der Waals surface area contributed by atoms with Crippen molar-refractivity contribution < 1.29 is 19.8 Å². The average molecular weight is 208 g/mol. The van der Waals surface area contributed by atoms with E-state index in [1.165, 1.54) is 0 Å². The first-order chi connectivity index (χ1) is 7.02. The summed E-state index contributed by atoms with van der Waals surface area (Å²) in [6.45, 7) is 1.08. The number of benzene rings is 1. The summed E-state index contributed by atoms with van der Waals surface area (Å²) in [5, 5.41) is 15.7. The highest BCUT2D eigenvalue weighted by molar-refractivity contribution is 5.85. The van der Waals surface area contributed by atoms with E-state index in [1.54, 1.807) is 6.08 Å².